The molecule has 46 heavy (non-hydrogen) atoms. The van der Waals surface area contributed by atoms with E-state index in [0.717, 1.165) is 76.1 Å². The van der Waals surface area contributed by atoms with Crippen molar-refractivity contribution in [2.75, 3.05) is 12.5 Å². The van der Waals surface area contributed by atoms with Gasteiger partial charge in [-0.3, -0.25) is 9.98 Å². The Morgan fingerprint density at radius 1 is 0.565 bits per heavy atom. The second-order valence-electron chi connectivity index (χ2n) is 11.3. The van der Waals surface area contributed by atoms with E-state index in [4.69, 9.17) is 9.98 Å². The Labute approximate surface area is 279 Å². The second kappa shape index (κ2) is 13.9. The van der Waals surface area contributed by atoms with E-state index in [2.05, 4.69) is 72.8 Å². The summed E-state index contributed by atoms with van der Waals surface area (Å²) in [6.07, 6.45) is 8.75. The minimum absolute atomic E-state index is 0.318. The van der Waals surface area contributed by atoms with Crippen LogP contribution in [0.5, 0.6) is 11.5 Å². The molecule has 0 bridgehead atoms. The van der Waals surface area contributed by atoms with Crippen molar-refractivity contribution >= 4 is 68.9 Å². The third kappa shape index (κ3) is 6.41. The maximum atomic E-state index is 10.9. The molecule has 0 saturated heterocycles. The first-order valence-electron chi connectivity index (χ1n) is 15.2. The summed E-state index contributed by atoms with van der Waals surface area (Å²) in [5.74, 6) is 0.636. The largest absolute Gasteiger partial charge is 0.506 e. The molecule has 0 amide bonds. The summed E-state index contributed by atoms with van der Waals surface area (Å²) < 4.78 is 0. The number of nitrogens with zero attached hydrogens (tertiary/aromatic N) is 2. The summed E-state index contributed by atoms with van der Waals surface area (Å²) >= 11 is 3.09. The molecule has 0 spiro atoms. The van der Waals surface area contributed by atoms with E-state index in [0.29, 0.717) is 24.3 Å². The van der Waals surface area contributed by atoms with Crippen molar-refractivity contribution in [2.24, 2.45) is 9.98 Å². The molecule has 0 aliphatic rings. The van der Waals surface area contributed by atoms with Crippen LogP contribution in [-0.2, 0) is 12.8 Å². The quantitative estimate of drug-likeness (QED) is 0.122. The highest BCUT2D eigenvalue weighted by Crippen LogP contribution is 2.45. The lowest BCUT2D eigenvalue weighted by atomic mass is 9.91. The monoisotopic (exact) mass is 640 g/mol. The van der Waals surface area contributed by atoms with E-state index in [1.54, 1.807) is 23.5 Å². The fourth-order valence-corrected chi connectivity index (χ4v) is 7.26. The number of aliphatic imine (C=N–C) groups is 2. The third-order valence-electron chi connectivity index (χ3n) is 8.18. The van der Waals surface area contributed by atoms with E-state index in [9.17, 15) is 10.2 Å². The smallest absolute Gasteiger partial charge is 0.132 e. The lowest BCUT2D eigenvalue weighted by molar-refractivity contribution is 0.456. The van der Waals surface area contributed by atoms with Crippen molar-refractivity contribution in [3.05, 3.63) is 119 Å². The molecule has 6 rings (SSSR count). The molecular weight excluding hydrogens is 605 g/mol. The number of benzene rings is 6. The first kappa shape index (κ1) is 31.5. The first-order chi connectivity index (χ1) is 22.4. The van der Waals surface area contributed by atoms with Gasteiger partial charge in [0.25, 0.3) is 0 Å². The predicted octanol–water partition coefficient (Wildman–Crippen LogP) is 11.0. The highest BCUT2D eigenvalue weighted by atomic mass is 32.2. The molecule has 6 heteroatoms. The van der Waals surface area contributed by atoms with E-state index < -0.39 is 0 Å². The summed E-state index contributed by atoms with van der Waals surface area (Å²) in [4.78, 5) is 11.8. The van der Waals surface area contributed by atoms with Gasteiger partial charge in [-0.2, -0.15) is 0 Å². The van der Waals surface area contributed by atoms with Crippen LogP contribution in [0.2, 0.25) is 0 Å². The zero-order valence-electron chi connectivity index (χ0n) is 26.4. The third-order valence-corrected chi connectivity index (χ3v) is 9.69. The maximum absolute atomic E-state index is 10.9. The van der Waals surface area contributed by atoms with Crippen molar-refractivity contribution in [2.45, 2.75) is 36.5 Å². The van der Waals surface area contributed by atoms with Crippen LogP contribution in [0.15, 0.2) is 117 Å². The average molecular weight is 641 g/mol. The Bertz CT molecular complexity index is 1980. The minimum atomic E-state index is 0.318. The van der Waals surface area contributed by atoms with Gasteiger partial charge in [0.1, 0.15) is 11.5 Å². The molecule has 0 unspecified atom stereocenters. The molecule has 6 aromatic rings. The Morgan fingerprint density at radius 3 is 1.39 bits per heavy atom. The highest BCUT2D eigenvalue weighted by molar-refractivity contribution is 7.99. The number of phenolic OH excluding ortho intramolecular Hbond substituents is 2. The minimum Gasteiger partial charge on any atom is -0.506 e. The molecule has 0 aliphatic heterocycles. The van der Waals surface area contributed by atoms with E-state index in [1.165, 1.54) is 0 Å². The fourth-order valence-electron chi connectivity index (χ4n) is 6.00. The molecule has 0 atom stereocenters. The van der Waals surface area contributed by atoms with Gasteiger partial charge >= 0.3 is 0 Å². The van der Waals surface area contributed by atoms with Gasteiger partial charge in [-0.15, -0.1) is 23.5 Å². The van der Waals surface area contributed by atoms with Gasteiger partial charge in [0, 0.05) is 57.3 Å². The normalized spacial score (nSPS) is 11.8. The lowest BCUT2D eigenvalue weighted by Gasteiger charge is -2.16. The summed E-state index contributed by atoms with van der Waals surface area (Å²) in [6.45, 7) is 4.09. The molecule has 230 valence electrons. The van der Waals surface area contributed by atoms with Crippen LogP contribution in [0.3, 0.4) is 0 Å². The number of rotatable bonds is 9. The van der Waals surface area contributed by atoms with Gasteiger partial charge in [0.2, 0.25) is 0 Å². The van der Waals surface area contributed by atoms with Crippen LogP contribution in [0, 0.1) is 13.8 Å². The van der Waals surface area contributed by atoms with Crippen LogP contribution in [-0.4, -0.2) is 35.2 Å². The van der Waals surface area contributed by atoms with Crippen LogP contribution in [0.1, 0.15) is 22.3 Å². The predicted molar refractivity (Wildman–Crippen MR) is 200 cm³/mol. The number of aromatic hydroxyl groups is 2. The zero-order chi connectivity index (χ0) is 32.2. The number of thioether (sulfide) groups is 2. The van der Waals surface area contributed by atoms with Gasteiger partial charge in [0.05, 0.1) is 11.4 Å². The molecule has 0 saturated carbocycles. The number of hydrogen-bond acceptors (Lipinski definition) is 6. The van der Waals surface area contributed by atoms with Crippen LogP contribution in [0.4, 0.5) is 11.4 Å². The molecule has 4 nitrogen and oxygen atoms in total. The maximum Gasteiger partial charge on any atom is 0.132 e. The Balaban J connectivity index is 1.49. The summed E-state index contributed by atoms with van der Waals surface area (Å²) in [5.41, 5.74) is 7.64. The number of hydrogen-bond donors (Lipinski definition) is 2. The molecule has 6 aromatic carbocycles. The van der Waals surface area contributed by atoms with E-state index >= 15 is 0 Å². The van der Waals surface area contributed by atoms with Crippen molar-refractivity contribution in [1.82, 2.24) is 0 Å². The van der Waals surface area contributed by atoms with Crippen molar-refractivity contribution < 1.29 is 10.2 Å². The zero-order valence-corrected chi connectivity index (χ0v) is 28.0. The molecule has 0 radical (unpaired) electrons. The highest BCUT2D eigenvalue weighted by Gasteiger charge is 2.17. The lowest BCUT2D eigenvalue weighted by Crippen LogP contribution is -1.92. The van der Waals surface area contributed by atoms with Crippen molar-refractivity contribution in [3.63, 3.8) is 0 Å². The van der Waals surface area contributed by atoms with Gasteiger partial charge in [0.15, 0.2) is 0 Å². The molecule has 2 N–H and O–H groups in total. The summed E-state index contributed by atoms with van der Waals surface area (Å²) in [6, 6.07) is 33.2. The van der Waals surface area contributed by atoms with Crippen molar-refractivity contribution in [3.8, 4) is 22.6 Å². The molecule has 0 aliphatic carbocycles. The van der Waals surface area contributed by atoms with Gasteiger partial charge in [-0.1, -0.05) is 72.8 Å². The number of aryl methyl sites for hydroxylation is 2. The Kier molecular flexibility index (Phi) is 9.48. The van der Waals surface area contributed by atoms with E-state index in [1.807, 2.05) is 63.1 Å². The van der Waals surface area contributed by atoms with Crippen LogP contribution in [0.25, 0.3) is 32.7 Å². The number of phenols is 2. The van der Waals surface area contributed by atoms with Gasteiger partial charge in [-0.25, -0.2) is 0 Å². The Morgan fingerprint density at radius 2 is 0.978 bits per heavy atom. The van der Waals surface area contributed by atoms with Crippen molar-refractivity contribution in [1.29, 1.82) is 0 Å². The Hall–Kier alpha value is -4.52. The second-order valence-corrected chi connectivity index (χ2v) is 13.0. The summed E-state index contributed by atoms with van der Waals surface area (Å²) in [7, 11) is 0. The van der Waals surface area contributed by atoms with E-state index in [-0.39, 0.29) is 0 Å². The van der Waals surface area contributed by atoms with Gasteiger partial charge in [-0.05, 0) is 83.3 Å². The van der Waals surface area contributed by atoms with Crippen LogP contribution < -0.4 is 0 Å². The molecule has 0 fully saturated rings. The standard InChI is InChI=1S/C40H36N2O2S2/c1-25-21-29(39(43)35(23-25)45-3)17-19-41-33-15-13-27-9-5-7-11-31(27)37(33)38-32-12-8-6-10-28(32)14-16-34(38)42-20-18-30-22-26(2)24-36(46-4)40(30)44/h5-16,19-24,43-44H,17-18H2,1-4H3. The number of fused-ring (bicyclic) bond motifs is 2. The molecule has 0 heterocycles. The SMILES string of the molecule is CSc1cc(C)cc(CC=Nc2ccc3ccccc3c2-c2c(N=CCc3cc(C)cc(SC)c3O)ccc3ccccc23)c1O. The fraction of sp³-hybridized carbons (Fsp3) is 0.150. The summed E-state index contributed by atoms with van der Waals surface area (Å²) in [5, 5.41) is 26.1. The first-order valence-corrected chi connectivity index (χ1v) is 17.6. The molecular formula is C40H36N2O2S2. The topological polar surface area (TPSA) is 65.2 Å². The molecule has 0 aromatic heterocycles. The van der Waals surface area contributed by atoms with Crippen LogP contribution >= 0.6 is 23.5 Å². The average Bonchev–Trinajstić information content (AvgIpc) is 3.07. The van der Waals surface area contributed by atoms with Gasteiger partial charge < -0.3 is 10.2 Å².